The summed E-state index contributed by atoms with van der Waals surface area (Å²) in [4.78, 5) is 25.3. The Morgan fingerprint density at radius 1 is 1.22 bits per heavy atom. The average Bonchev–Trinajstić information content (AvgIpc) is 2.68. The summed E-state index contributed by atoms with van der Waals surface area (Å²) in [5, 5.41) is 11.1. The molecular formula is C20H21FN2O4. The second kappa shape index (κ2) is 8.16. The monoisotopic (exact) mass is 372 g/mol. The van der Waals surface area contributed by atoms with E-state index in [2.05, 4.69) is 4.90 Å². The van der Waals surface area contributed by atoms with Crippen LogP contribution in [0.5, 0.6) is 5.75 Å². The first kappa shape index (κ1) is 18.8. The molecule has 0 saturated carbocycles. The molecule has 3 rings (SSSR count). The lowest BCUT2D eigenvalue weighted by atomic mass is 9.88. The van der Waals surface area contributed by atoms with Crippen molar-refractivity contribution in [3.63, 3.8) is 0 Å². The molecule has 27 heavy (non-hydrogen) atoms. The zero-order valence-electron chi connectivity index (χ0n) is 15.1. The predicted octanol–water partition coefficient (Wildman–Crippen LogP) is 4.23. The van der Waals surface area contributed by atoms with Crippen LogP contribution in [-0.2, 0) is 0 Å². The van der Waals surface area contributed by atoms with E-state index >= 15 is 0 Å². The Hall–Kier alpha value is -2.96. The van der Waals surface area contributed by atoms with Gasteiger partial charge in [0.15, 0.2) is 11.5 Å². The standard InChI is InChI=1S/C20H21FN2O4/c1-2-27-19-13-17(7-8-18(19)23(25)26)22-11-9-15(10-12-22)20(24)14-3-5-16(21)6-4-14/h3-8,13,15H,2,9-12H2,1H3. The summed E-state index contributed by atoms with van der Waals surface area (Å²) in [6.07, 6.45) is 1.36. The average molecular weight is 372 g/mol. The van der Waals surface area contributed by atoms with Crippen LogP contribution >= 0.6 is 0 Å². The Morgan fingerprint density at radius 3 is 2.48 bits per heavy atom. The molecule has 7 heteroatoms. The lowest BCUT2D eigenvalue weighted by Crippen LogP contribution is -2.36. The largest absolute Gasteiger partial charge is 0.487 e. The third kappa shape index (κ3) is 4.24. The van der Waals surface area contributed by atoms with E-state index in [0.29, 0.717) is 38.1 Å². The summed E-state index contributed by atoms with van der Waals surface area (Å²) >= 11 is 0. The van der Waals surface area contributed by atoms with Crippen LogP contribution in [0.25, 0.3) is 0 Å². The number of halogens is 1. The van der Waals surface area contributed by atoms with Gasteiger partial charge in [-0.3, -0.25) is 14.9 Å². The Bertz CT molecular complexity index is 830. The van der Waals surface area contributed by atoms with Gasteiger partial charge in [0.25, 0.3) is 0 Å². The van der Waals surface area contributed by atoms with Crippen LogP contribution in [0.4, 0.5) is 15.8 Å². The van der Waals surface area contributed by atoms with Crippen LogP contribution in [0.15, 0.2) is 42.5 Å². The normalized spacial score (nSPS) is 14.8. The number of hydrogen-bond donors (Lipinski definition) is 0. The minimum atomic E-state index is -0.456. The van der Waals surface area contributed by atoms with Gasteiger partial charge in [0.1, 0.15) is 5.82 Å². The van der Waals surface area contributed by atoms with E-state index in [9.17, 15) is 19.3 Å². The van der Waals surface area contributed by atoms with Crippen LogP contribution in [0, 0.1) is 21.8 Å². The molecule has 1 heterocycles. The topological polar surface area (TPSA) is 72.7 Å². The van der Waals surface area contributed by atoms with Crippen LogP contribution in [-0.4, -0.2) is 30.4 Å². The van der Waals surface area contributed by atoms with Crippen molar-refractivity contribution < 1.29 is 18.8 Å². The molecule has 2 aromatic rings. The summed E-state index contributed by atoms with van der Waals surface area (Å²) in [6, 6.07) is 10.5. The zero-order valence-corrected chi connectivity index (χ0v) is 15.1. The number of anilines is 1. The van der Waals surface area contributed by atoms with E-state index in [1.165, 1.54) is 30.3 Å². The number of hydrogen-bond acceptors (Lipinski definition) is 5. The van der Waals surface area contributed by atoms with Crippen molar-refractivity contribution in [3.05, 3.63) is 64.0 Å². The first-order chi connectivity index (χ1) is 13.0. The van der Waals surface area contributed by atoms with Gasteiger partial charge < -0.3 is 9.64 Å². The summed E-state index contributed by atoms with van der Waals surface area (Å²) in [5.74, 6) is -0.168. The first-order valence-corrected chi connectivity index (χ1v) is 8.95. The molecule has 0 aromatic heterocycles. The van der Waals surface area contributed by atoms with Crippen LogP contribution < -0.4 is 9.64 Å². The van der Waals surface area contributed by atoms with Crippen molar-refractivity contribution in [2.24, 2.45) is 5.92 Å². The van der Waals surface area contributed by atoms with Gasteiger partial charge in [-0.25, -0.2) is 4.39 Å². The summed E-state index contributed by atoms with van der Waals surface area (Å²) in [5.41, 5.74) is 1.32. The molecule has 142 valence electrons. The van der Waals surface area contributed by atoms with Crippen molar-refractivity contribution >= 4 is 17.2 Å². The molecule has 1 fully saturated rings. The summed E-state index contributed by atoms with van der Waals surface area (Å²) in [6.45, 7) is 3.46. The SMILES string of the molecule is CCOc1cc(N2CCC(C(=O)c3ccc(F)cc3)CC2)ccc1[N+](=O)[O-]. The van der Waals surface area contributed by atoms with E-state index < -0.39 is 4.92 Å². The molecule has 1 saturated heterocycles. The highest BCUT2D eigenvalue weighted by Crippen LogP contribution is 2.33. The van der Waals surface area contributed by atoms with Gasteiger partial charge >= 0.3 is 5.69 Å². The van der Waals surface area contributed by atoms with Crippen molar-refractivity contribution in [3.8, 4) is 5.75 Å². The highest BCUT2D eigenvalue weighted by molar-refractivity contribution is 5.98. The number of nitro benzene ring substituents is 1. The number of nitrogens with zero attached hydrogens (tertiary/aromatic N) is 2. The third-order valence-electron chi connectivity index (χ3n) is 4.80. The van der Waals surface area contributed by atoms with E-state index in [1.54, 1.807) is 19.1 Å². The molecular weight excluding hydrogens is 351 g/mol. The van der Waals surface area contributed by atoms with Crippen molar-refractivity contribution in [1.29, 1.82) is 0 Å². The highest BCUT2D eigenvalue weighted by Gasteiger charge is 2.27. The van der Waals surface area contributed by atoms with Crippen molar-refractivity contribution in [1.82, 2.24) is 0 Å². The molecule has 1 aliphatic rings. The van der Waals surface area contributed by atoms with Crippen LogP contribution in [0.1, 0.15) is 30.1 Å². The van der Waals surface area contributed by atoms with E-state index in [-0.39, 0.29) is 29.0 Å². The summed E-state index contributed by atoms with van der Waals surface area (Å²) < 4.78 is 18.4. The fourth-order valence-corrected chi connectivity index (χ4v) is 3.37. The number of carbonyl (C=O) groups is 1. The van der Waals surface area contributed by atoms with Gasteiger partial charge in [-0.15, -0.1) is 0 Å². The van der Waals surface area contributed by atoms with Crippen molar-refractivity contribution in [2.75, 3.05) is 24.6 Å². The quantitative estimate of drug-likeness (QED) is 0.431. The van der Waals surface area contributed by atoms with Crippen LogP contribution in [0.2, 0.25) is 0 Å². The molecule has 2 aromatic carbocycles. The lowest BCUT2D eigenvalue weighted by Gasteiger charge is -2.33. The van der Waals surface area contributed by atoms with Gasteiger partial charge in [0.05, 0.1) is 11.5 Å². The van der Waals surface area contributed by atoms with Gasteiger partial charge in [0, 0.05) is 42.4 Å². The van der Waals surface area contributed by atoms with E-state index in [4.69, 9.17) is 4.74 Å². The minimum absolute atomic E-state index is 0.0355. The zero-order chi connectivity index (χ0) is 19.4. The molecule has 0 radical (unpaired) electrons. The summed E-state index contributed by atoms with van der Waals surface area (Å²) in [7, 11) is 0. The Morgan fingerprint density at radius 2 is 1.89 bits per heavy atom. The molecule has 0 N–H and O–H groups in total. The van der Waals surface area contributed by atoms with Crippen LogP contribution in [0.3, 0.4) is 0 Å². The molecule has 0 aliphatic carbocycles. The molecule has 0 bridgehead atoms. The van der Waals surface area contributed by atoms with Gasteiger partial charge in [-0.05, 0) is 50.1 Å². The number of nitro groups is 1. The number of piperidine rings is 1. The van der Waals surface area contributed by atoms with Crippen molar-refractivity contribution in [2.45, 2.75) is 19.8 Å². The molecule has 0 spiro atoms. The first-order valence-electron chi connectivity index (χ1n) is 8.95. The number of carbonyl (C=O) groups excluding carboxylic acids is 1. The van der Waals surface area contributed by atoms with E-state index in [0.717, 1.165) is 5.69 Å². The fourth-order valence-electron chi connectivity index (χ4n) is 3.37. The minimum Gasteiger partial charge on any atom is -0.487 e. The number of Topliss-reactive ketones (excluding diaryl/α,β-unsaturated/α-hetero) is 1. The molecule has 1 aliphatic heterocycles. The Labute approximate surface area is 156 Å². The maximum Gasteiger partial charge on any atom is 0.311 e. The highest BCUT2D eigenvalue weighted by atomic mass is 19.1. The van der Waals surface area contributed by atoms with Gasteiger partial charge in [0.2, 0.25) is 0 Å². The maximum atomic E-state index is 13.0. The number of ketones is 1. The van der Waals surface area contributed by atoms with E-state index in [1.807, 2.05) is 0 Å². The second-order valence-corrected chi connectivity index (χ2v) is 6.47. The molecule has 6 nitrogen and oxygen atoms in total. The number of rotatable bonds is 6. The fraction of sp³-hybridized carbons (Fsp3) is 0.350. The lowest BCUT2D eigenvalue weighted by molar-refractivity contribution is -0.385. The van der Waals surface area contributed by atoms with Gasteiger partial charge in [-0.2, -0.15) is 0 Å². The number of ether oxygens (including phenoxy) is 1. The third-order valence-corrected chi connectivity index (χ3v) is 4.80. The molecule has 0 amide bonds. The maximum absolute atomic E-state index is 13.0. The number of benzene rings is 2. The Kier molecular flexibility index (Phi) is 5.69. The smallest absolute Gasteiger partial charge is 0.311 e. The van der Waals surface area contributed by atoms with Gasteiger partial charge in [-0.1, -0.05) is 0 Å². The Balaban J connectivity index is 1.68. The molecule has 0 unspecified atom stereocenters. The predicted molar refractivity (Wildman–Crippen MR) is 99.9 cm³/mol. The second-order valence-electron chi connectivity index (χ2n) is 6.47. The molecule has 0 atom stereocenters.